The van der Waals surface area contributed by atoms with Gasteiger partial charge in [-0.2, -0.15) is 5.10 Å². The number of morpholine rings is 1. The van der Waals surface area contributed by atoms with Gasteiger partial charge in [0, 0.05) is 57.4 Å². The maximum atomic E-state index is 11.3. The van der Waals surface area contributed by atoms with Gasteiger partial charge in [0.1, 0.15) is 0 Å². The summed E-state index contributed by atoms with van der Waals surface area (Å²) in [6, 6.07) is 2.10. The molecule has 6 nitrogen and oxygen atoms in total. The van der Waals surface area contributed by atoms with E-state index in [0.717, 1.165) is 71.1 Å². The third-order valence-corrected chi connectivity index (χ3v) is 5.71. The molecule has 0 amide bonds. The van der Waals surface area contributed by atoms with E-state index >= 15 is 0 Å². The lowest BCUT2D eigenvalue weighted by Crippen LogP contribution is -2.62. The van der Waals surface area contributed by atoms with Crippen LogP contribution in [0, 0.1) is 5.41 Å². The van der Waals surface area contributed by atoms with Gasteiger partial charge in [-0.1, -0.05) is 13.8 Å². The van der Waals surface area contributed by atoms with E-state index in [2.05, 4.69) is 41.7 Å². The van der Waals surface area contributed by atoms with E-state index in [1.165, 1.54) is 0 Å². The molecule has 136 valence electrons. The van der Waals surface area contributed by atoms with Crippen molar-refractivity contribution in [2.75, 3.05) is 45.9 Å². The number of piperidine rings is 1. The zero-order chi connectivity index (χ0) is 17.2. The summed E-state index contributed by atoms with van der Waals surface area (Å²) < 4.78 is 7.40. The lowest BCUT2D eigenvalue weighted by molar-refractivity contribution is -0.141. The highest BCUT2D eigenvalue weighted by Crippen LogP contribution is 2.39. The molecule has 0 aliphatic carbocycles. The third-order valence-electron chi connectivity index (χ3n) is 5.71. The Morgan fingerprint density at radius 3 is 2.58 bits per heavy atom. The molecule has 0 bridgehead atoms. The molecular formula is C18H32N4O2. The Morgan fingerprint density at radius 2 is 1.96 bits per heavy atom. The number of hydrogen-bond donors (Lipinski definition) is 1. The summed E-state index contributed by atoms with van der Waals surface area (Å²) in [7, 11) is 0. The fraction of sp³-hybridized carbons (Fsp3) is 0.833. The molecule has 1 atom stereocenters. The summed E-state index contributed by atoms with van der Waals surface area (Å²) in [4.78, 5) is 4.78. The fourth-order valence-corrected chi connectivity index (χ4v) is 3.92. The number of rotatable bonds is 5. The molecule has 2 aliphatic heterocycles. The molecule has 0 saturated carbocycles. The summed E-state index contributed by atoms with van der Waals surface area (Å²) >= 11 is 0. The minimum Gasteiger partial charge on any atom is -0.388 e. The average Bonchev–Trinajstić information content (AvgIpc) is 3.00. The van der Waals surface area contributed by atoms with Gasteiger partial charge < -0.3 is 9.84 Å². The van der Waals surface area contributed by atoms with Gasteiger partial charge in [0.15, 0.2) is 0 Å². The highest BCUT2D eigenvalue weighted by Gasteiger charge is 2.48. The second-order valence-corrected chi connectivity index (χ2v) is 7.93. The number of nitrogens with zero attached hydrogens (tertiary/aromatic N) is 4. The molecule has 2 saturated heterocycles. The molecule has 24 heavy (non-hydrogen) atoms. The highest BCUT2D eigenvalue weighted by molar-refractivity contribution is 5.04. The van der Waals surface area contributed by atoms with Crippen LogP contribution in [0.25, 0.3) is 0 Å². The zero-order valence-electron chi connectivity index (χ0n) is 15.4. The van der Waals surface area contributed by atoms with Gasteiger partial charge in [0.05, 0.1) is 24.5 Å². The molecule has 0 spiro atoms. The molecule has 6 heteroatoms. The van der Waals surface area contributed by atoms with Gasteiger partial charge in [0.25, 0.3) is 0 Å². The molecule has 2 aliphatic rings. The van der Waals surface area contributed by atoms with Crippen LogP contribution < -0.4 is 0 Å². The lowest BCUT2D eigenvalue weighted by Gasteiger charge is -2.52. The van der Waals surface area contributed by atoms with Gasteiger partial charge in [-0.3, -0.25) is 14.5 Å². The van der Waals surface area contributed by atoms with Crippen LogP contribution in [0.5, 0.6) is 0 Å². The van der Waals surface area contributed by atoms with Crippen molar-refractivity contribution in [2.24, 2.45) is 5.41 Å². The average molecular weight is 336 g/mol. The summed E-state index contributed by atoms with van der Waals surface area (Å²) in [5.74, 6) is 0. The topological polar surface area (TPSA) is 53.8 Å². The first-order valence-electron chi connectivity index (χ1n) is 9.19. The van der Waals surface area contributed by atoms with Crippen LogP contribution in [0.1, 0.15) is 32.9 Å². The summed E-state index contributed by atoms with van der Waals surface area (Å²) in [6.07, 6.45) is 2.85. The maximum absolute atomic E-state index is 11.3. The molecule has 1 aromatic rings. The van der Waals surface area contributed by atoms with E-state index in [1.807, 2.05) is 10.9 Å². The van der Waals surface area contributed by atoms with E-state index in [-0.39, 0.29) is 5.41 Å². The van der Waals surface area contributed by atoms with Gasteiger partial charge in [-0.15, -0.1) is 0 Å². The standard InChI is InChI=1S/C18H32N4O2/c1-4-22-7-5-16(19-22)13-21-8-6-18(23,17(2,3)14-21)15-20-9-11-24-12-10-20/h5,7,23H,4,6,8-15H2,1-3H3/t18-/m1/s1. The van der Waals surface area contributed by atoms with Gasteiger partial charge in [-0.05, 0) is 19.4 Å². The van der Waals surface area contributed by atoms with E-state index in [9.17, 15) is 5.11 Å². The Balaban J connectivity index is 1.60. The van der Waals surface area contributed by atoms with Crippen LogP contribution in [0.4, 0.5) is 0 Å². The summed E-state index contributed by atoms with van der Waals surface area (Å²) in [6.45, 7) is 14.3. The van der Waals surface area contributed by atoms with Gasteiger partial charge in [0.2, 0.25) is 0 Å². The largest absolute Gasteiger partial charge is 0.388 e. The van der Waals surface area contributed by atoms with Crippen molar-refractivity contribution in [3.8, 4) is 0 Å². The van der Waals surface area contributed by atoms with Crippen LogP contribution in [0.3, 0.4) is 0 Å². The Labute approximate surface area is 145 Å². The normalized spacial score (nSPS) is 29.0. The van der Waals surface area contributed by atoms with E-state index in [1.54, 1.807) is 0 Å². The summed E-state index contributed by atoms with van der Waals surface area (Å²) in [5, 5.41) is 15.9. The van der Waals surface area contributed by atoms with Gasteiger partial charge >= 0.3 is 0 Å². The van der Waals surface area contributed by atoms with Crippen molar-refractivity contribution in [1.29, 1.82) is 0 Å². The minimum absolute atomic E-state index is 0.142. The Hall–Kier alpha value is -0.950. The summed E-state index contributed by atoms with van der Waals surface area (Å²) in [5.41, 5.74) is 0.340. The Bertz CT molecular complexity index is 539. The number of ether oxygens (including phenoxy) is 1. The maximum Gasteiger partial charge on any atom is 0.0849 e. The van der Waals surface area contributed by atoms with E-state index in [4.69, 9.17) is 4.74 Å². The predicted octanol–water partition coefficient (Wildman–Crippen LogP) is 1.20. The molecule has 0 radical (unpaired) electrons. The van der Waals surface area contributed by atoms with Crippen LogP contribution in [0.15, 0.2) is 12.3 Å². The first-order valence-corrected chi connectivity index (χ1v) is 9.19. The molecule has 0 aromatic carbocycles. The molecule has 3 heterocycles. The van der Waals surface area contributed by atoms with Crippen molar-refractivity contribution >= 4 is 0 Å². The quantitative estimate of drug-likeness (QED) is 0.876. The van der Waals surface area contributed by atoms with Crippen molar-refractivity contribution in [1.82, 2.24) is 19.6 Å². The number of hydrogen-bond acceptors (Lipinski definition) is 5. The fourth-order valence-electron chi connectivity index (χ4n) is 3.92. The molecule has 3 rings (SSSR count). The zero-order valence-corrected chi connectivity index (χ0v) is 15.4. The molecule has 0 unspecified atom stereocenters. The smallest absolute Gasteiger partial charge is 0.0849 e. The van der Waals surface area contributed by atoms with Crippen LogP contribution in [0.2, 0.25) is 0 Å². The second-order valence-electron chi connectivity index (χ2n) is 7.93. The van der Waals surface area contributed by atoms with E-state index in [0.29, 0.717) is 0 Å². The monoisotopic (exact) mass is 336 g/mol. The van der Waals surface area contributed by atoms with Crippen molar-refractivity contribution in [3.05, 3.63) is 18.0 Å². The molecule has 1 aromatic heterocycles. The van der Waals surface area contributed by atoms with Crippen LogP contribution in [-0.2, 0) is 17.8 Å². The number of β-amino-alcohol motifs (C(OH)–C–C–N with tert-alkyl or cyclic N) is 1. The SMILES string of the molecule is CCn1ccc(CN2CC[C@@](O)(CN3CCOCC3)C(C)(C)C2)n1. The number of aryl methyl sites for hydroxylation is 1. The van der Waals surface area contributed by atoms with Crippen LogP contribution in [-0.4, -0.2) is 76.2 Å². The Morgan fingerprint density at radius 1 is 1.21 bits per heavy atom. The highest BCUT2D eigenvalue weighted by atomic mass is 16.5. The number of aromatic nitrogens is 2. The van der Waals surface area contributed by atoms with Crippen LogP contribution >= 0.6 is 0 Å². The first kappa shape index (κ1) is 17.9. The van der Waals surface area contributed by atoms with Crippen molar-refractivity contribution in [2.45, 2.75) is 45.9 Å². The number of likely N-dealkylation sites (tertiary alicyclic amines) is 1. The van der Waals surface area contributed by atoms with Gasteiger partial charge in [-0.25, -0.2) is 0 Å². The lowest BCUT2D eigenvalue weighted by atomic mass is 9.69. The second kappa shape index (κ2) is 7.12. The first-order chi connectivity index (χ1) is 11.4. The van der Waals surface area contributed by atoms with Crippen molar-refractivity contribution < 1.29 is 9.84 Å². The molecular weight excluding hydrogens is 304 g/mol. The minimum atomic E-state index is -0.635. The third kappa shape index (κ3) is 3.82. The predicted molar refractivity (Wildman–Crippen MR) is 93.8 cm³/mol. The molecule has 1 N–H and O–H groups in total. The molecule has 2 fully saturated rings. The van der Waals surface area contributed by atoms with E-state index < -0.39 is 5.60 Å². The number of aliphatic hydroxyl groups is 1. The Kier molecular flexibility index (Phi) is 5.30. The van der Waals surface area contributed by atoms with Crippen molar-refractivity contribution in [3.63, 3.8) is 0 Å².